The van der Waals surface area contributed by atoms with Gasteiger partial charge in [0.2, 0.25) is 0 Å². The van der Waals surface area contributed by atoms with Gasteiger partial charge in [-0.25, -0.2) is 0 Å². The molecule has 1 aliphatic carbocycles. The fraction of sp³-hybridized carbons (Fsp3) is 1.00. The predicted molar refractivity (Wildman–Crippen MR) is 89.6 cm³/mol. The van der Waals surface area contributed by atoms with Crippen molar-refractivity contribution in [3.05, 3.63) is 0 Å². The molecule has 1 aliphatic rings. The highest BCUT2D eigenvalue weighted by Crippen LogP contribution is 2.20. The van der Waals surface area contributed by atoms with Crippen LogP contribution in [0.5, 0.6) is 0 Å². The molecule has 0 aliphatic heterocycles. The first-order valence-electron chi connectivity index (χ1n) is 8.97. The molecule has 1 rings (SSSR count). The number of methoxy groups -OCH3 is 1. The summed E-state index contributed by atoms with van der Waals surface area (Å²) in [6, 6.07) is 0.204. The van der Waals surface area contributed by atoms with Crippen LogP contribution in [0, 0.1) is 0 Å². The van der Waals surface area contributed by atoms with Crippen molar-refractivity contribution >= 4 is 0 Å². The van der Waals surface area contributed by atoms with Crippen molar-refractivity contribution in [2.75, 3.05) is 13.7 Å². The van der Waals surface area contributed by atoms with Gasteiger partial charge in [-0.2, -0.15) is 0 Å². The first-order valence-corrected chi connectivity index (χ1v) is 8.97. The lowest BCUT2D eigenvalue weighted by atomic mass is 9.96. The maximum Gasteiger partial charge on any atom is 0.0725 e. The molecule has 2 unspecified atom stereocenters. The molecule has 21 heavy (non-hydrogen) atoms. The minimum absolute atomic E-state index is 0.102. The lowest BCUT2D eigenvalue weighted by Crippen LogP contribution is -2.38. The Labute approximate surface area is 132 Å². The summed E-state index contributed by atoms with van der Waals surface area (Å²) in [6.45, 7) is 4.97. The standard InChI is InChI=1S/C18H37NO2/c1-18(2,20-3)14-15-21-17-13-11-9-7-5-4-6-8-10-12-16(17)19/h16-17H,4-15,19H2,1-3H3. The Kier molecular flexibility index (Phi) is 9.54. The van der Waals surface area contributed by atoms with Gasteiger partial charge in [0, 0.05) is 19.8 Å². The van der Waals surface area contributed by atoms with Crippen LogP contribution in [0.15, 0.2) is 0 Å². The minimum Gasteiger partial charge on any atom is -0.379 e. The average molecular weight is 299 g/mol. The van der Waals surface area contributed by atoms with Gasteiger partial charge in [0.25, 0.3) is 0 Å². The van der Waals surface area contributed by atoms with Crippen LogP contribution in [-0.2, 0) is 9.47 Å². The Morgan fingerprint density at radius 2 is 1.43 bits per heavy atom. The molecule has 3 nitrogen and oxygen atoms in total. The SMILES string of the molecule is COC(C)(C)CCOC1CCCCCCCCCCC1N. The van der Waals surface area contributed by atoms with Crippen LogP contribution in [0.3, 0.4) is 0 Å². The van der Waals surface area contributed by atoms with E-state index in [-0.39, 0.29) is 17.7 Å². The van der Waals surface area contributed by atoms with Crippen LogP contribution in [0.2, 0.25) is 0 Å². The summed E-state index contributed by atoms with van der Waals surface area (Å²) < 4.78 is 11.6. The van der Waals surface area contributed by atoms with Crippen molar-refractivity contribution in [3.8, 4) is 0 Å². The monoisotopic (exact) mass is 299 g/mol. The first-order chi connectivity index (χ1) is 10.0. The number of ether oxygens (including phenoxy) is 2. The van der Waals surface area contributed by atoms with E-state index in [1.165, 1.54) is 51.4 Å². The van der Waals surface area contributed by atoms with Crippen molar-refractivity contribution in [3.63, 3.8) is 0 Å². The Morgan fingerprint density at radius 3 is 2.00 bits per heavy atom. The van der Waals surface area contributed by atoms with Gasteiger partial charge >= 0.3 is 0 Å². The lowest BCUT2D eigenvalue weighted by Gasteiger charge is -2.28. The molecule has 0 saturated heterocycles. The van der Waals surface area contributed by atoms with Crippen molar-refractivity contribution in [1.82, 2.24) is 0 Å². The predicted octanol–water partition coefficient (Wildman–Crippen LogP) is 4.43. The summed E-state index contributed by atoms with van der Waals surface area (Å²) in [5.41, 5.74) is 6.28. The van der Waals surface area contributed by atoms with Crippen LogP contribution in [0.25, 0.3) is 0 Å². The van der Waals surface area contributed by atoms with E-state index in [1.807, 2.05) is 0 Å². The molecular formula is C18H37NO2. The smallest absolute Gasteiger partial charge is 0.0725 e. The highest BCUT2D eigenvalue weighted by Gasteiger charge is 2.21. The average Bonchev–Trinajstić information content (AvgIpc) is 2.45. The molecule has 126 valence electrons. The summed E-state index contributed by atoms with van der Waals surface area (Å²) in [6.07, 6.45) is 14.1. The molecule has 1 saturated carbocycles. The fourth-order valence-corrected chi connectivity index (χ4v) is 2.95. The minimum atomic E-state index is -0.102. The van der Waals surface area contributed by atoms with Gasteiger partial charge < -0.3 is 15.2 Å². The highest BCUT2D eigenvalue weighted by molar-refractivity contribution is 4.75. The van der Waals surface area contributed by atoms with Crippen LogP contribution >= 0.6 is 0 Å². The number of hydrogen-bond acceptors (Lipinski definition) is 3. The van der Waals surface area contributed by atoms with E-state index in [2.05, 4.69) is 13.8 Å². The summed E-state index contributed by atoms with van der Waals surface area (Å²) in [5, 5.41) is 0. The number of nitrogens with two attached hydrogens (primary N) is 1. The zero-order chi connectivity index (χ0) is 15.6. The van der Waals surface area contributed by atoms with Crippen molar-refractivity contribution in [2.45, 2.75) is 102 Å². The van der Waals surface area contributed by atoms with E-state index in [0.717, 1.165) is 25.9 Å². The van der Waals surface area contributed by atoms with Crippen LogP contribution in [0.1, 0.15) is 84.5 Å². The summed E-state index contributed by atoms with van der Waals surface area (Å²) >= 11 is 0. The molecule has 0 spiro atoms. The largest absolute Gasteiger partial charge is 0.379 e. The van der Waals surface area contributed by atoms with Gasteiger partial charge in [-0.1, -0.05) is 51.4 Å². The van der Waals surface area contributed by atoms with E-state index in [9.17, 15) is 0 Å². The van der Waals surface area contributed by atoms with Gasteiger partial charge in [0.1, 0.15) is 0 Å². The third kappa shape index (κ3) is 8.80. The summed E-state index contributed by atoms with van der Waals surface area (Å²) in [4.78, 5) is 0. The van der Waals surface area contributed by atoms with Gasteiger partial charge in [-0.05, 0) is 33.1 Å². The molecule has 3 heteroatoms. The molecule has 0 radical (unpaired) electrons. The molecule has 0 aromatic heterocycles. The molecule has 0 aromatic rings. The summed E-state index contributed by atoms with van der Waals surface area (Å²) in [5.74, 6) is 0. The molecule has 0 amide bonds. The lowest BCUT2D eigenvalue weighted by molar-refractivity contribution is -0.0351. The van der Waals surface area contributed by atoms with Gasteiger partial charge in [-0.3, -0.25) is 0 Å². The molecule has 0 bridgehead atoms. The topological polar surface area (TPSA) is 44.5 Å². The van der Waals surface area contributed by atoms with Gasteiger partial charge in [-0.15, -0.1) is 0 Å². The molecule has 2 atom stereocenters. The van der Waals surface area contributed by atoms with Crippen LogP contribution in [0.4, 0.5) is 0 Å². The van der Waals surface area contributed by atoms with Gasteiger partial charge in [0.15, 0.2) is 0 Å². The van der Waals surface area contributed by atoms with E-state index < -0.39 is 0 Å². The Morgan fingerprint density at radius 1 is 0.905 bits per heavy atom. The zero-order valence-electron chi connectivity index (χ0n) is 14.5. The molecule has 0 heterocycles. The van der Waals surface area contributed by atoms with Crippen molar-refractivity contribution in [2.24, 2.45) is 5.73 Å². The van der Waals surface area contributed by atoms with Crippen molar-refractivity contribution in [1.29, 1.82) is 0 Å². The highest BCUT2D eigenvalue weighted by atomic mass is 16.5. The van der Waals surface area contributed by atoms with E-state index in [4.69, 9.17) is 15.2 Å². The van der Waals surface area contributed by atoms with Crippen molar-refractivity contribution < 1.29 is 9.47 Å². The Balaban J connectivity index is 2.37. The molecule has 0 aromatic carbocycles. The second-order valence-electron chi connectivity index (χ2n) is 7.19. The number of rotatable bonds is 5. The van der Waals surface area contributed by atoms with E-state index in [1.54, 1.807) is 7.11 Å². The Hall–Kier alpha value is -0.120. The zero-order valence-corrected chi connectivity index (χ0v) is 14.5. The second kappa shape index (κ2) is 10.6. The van der Waals surface area contributed by atoms with E-state index >= 15 is 0 Å². The maximum atomic E-state index is 6.39. The third-order valence-electron chi connectivity index (χ3n) is 4.84. The Bertz CT molecular complexity index is 256. The fourth-order valence-electron chi connectivity index (χ4n) is 2.95. The van der Waals surface area contributed by atoms with Gasteiger partial charge in [0.05, 0.1) is 11.7 Å². The molecule has 2 N–H and O–H groups in total. The summed E-state index contributed by atoms with van der Waals surface area (Å²) in [7, 11) is 1.77. The molecular weight excluding hydrogens is 262 g/mol. The quantitative estimate of drug-likeness (QED) is 0.817. The second-order valence-corrected chi connectivity index (χ2v) is 7.19. The normalized spacial score (nSPS) is 26.9. The molecule has 1 fully saturated rings. The van der Waals surface area contributed by atoms with Crippen LogP contribution < -0.4 is 5.73 Å². The van der Waals surface area contributed by atoms with E-state index in [0.29, 0.717) is 0 Å². The number of hydrogen-bond donors (Lipinski definition) is 1. The van der Waals surface area contributed by atoms with Crippen LogP contribution in [-0.4, -0.2) is 31.5 Å². The maximum absolute atomic E-state index is 6.39. The third-order valence-corrected chi connectivity index (χ3v) is 4.84. The first kappa shape index (κ1) is 18.9.